The first-order valence-corrected chi connectivity index (χ1v) is 9.33. The predicted octanol–water partition coefficient (Wildman–Crippen LogP) is 1.09. The van der Waals surface area contributed by atoms with E-state index in [4.69, 9.17) is 9.26 Å². The molecule has 24 heavy (non-hydrogen) atoms. The van der Waals surface area contributed by atoms with E-state index in [0.717, 1.165) is 18.4 Å². The lowest BCUT2D eigenvalue weighted by molar-refractivity contribution is 0.0835. The Labute approximate surface area is 140 Å². The molecule has 0 radical (unpaired) electrons. The molecule has 1 atom stereocenters. The summed E-state index contributed by atoms with van der Waals surface area (Å²) in [5, 5.41) is 3.85. The van der Waals surface area contributed by atoms with Gasteiger partial charge in [0, 0.05) is 26.1 Å². The Morgan fingerprint density at radius 2 is 2.04 bits per heavy atom. The lowest BCUT2D eigenvalue weighted by Gasteiger charge is -2.07. The van der Waals surface area contributed by atoms with E-state index in [-0.39, 0.29) is 19.2 Å². The Morgan fingerprint density at radius 1 is 1.21 bits per heavy atom. The number of aromatic nitrogens is 2. The molecule has 2 N–H and O–H groups in total. The van der Waals surface area contributed by atoms with Crippen LogP contribution in [0, 0.1) is 0 Å². The molecule has 8 nitrogen and oxygen atoms in total. The monoisotopic (exact) mass is 352 g/mol. The summed E-state index contributed by atoms with van der Waals surface area (Å²) in [5.74, 6) is 0.929. The van der Waals surface area contributed by atoms with Crippen molar-refractivity contribution in [2.75, 3.05) is 13.2 Å². The fourth-order valence-corrected chi connectivity index (χ4v) is 3.22. The van der Waals surface area contributed by atoms with Crippen molar-refractivity contribution in [1.29, 1.82) is 0 Å². The van der Waals surface area contributed by atoms with E-state index in [1.165, 1.54) is 0 Å². The van der Waals surface area contributed by atoms with Gasteiger partial charge in [-0.1, -0.05) is 35.5 Å². The van der Waals surface area contributed by atoms with Gasteiger partial charge in [0.2, 0.25) is 0 Å². The highest BCUT2D eigenvalue weighted by Gasteiger charge is 2.23. The summed E-state index contributed by atoms with van der Waals surface area (Å²) in [6.45, 7) is 1.13. The Hall–Kier alpha value is -1.81. The summed E-state index contributed by atoms with van der Waals surface area (Å²) in [7, 11) is -3.57. The fourth-order valence-electron chi connectivity index (χ4n) is 2.39. The van der Waals surface area contributed by atoms with Gasteiger partial charge in [-0.3, -0.25) is 0 Å². The van der Waals surface area contributed by atoms with E-state index in [2.05, 4.69) is 19.6 Å². The van der Waals surface area contributed by atoms with Crippen LogP contribution in [0.1, 0.15) is 36.2 Å². The van der Waals surface area contributed by atoms with Crippen LogP contribution in [0.25, 0.3) is 0 Å². The molecule has 9 heteroatoms. The van der Waals surface area contributed by atoms with Crippen molar-refractivity contribution in [3.05, 3.63) is 47.6 Å². The molecule has 1 aromatic carbocycles. The van der Waals surface area contributed by atoms with Gasteiger partial charge in [0.05, 0.1) is 0 Å². The predicted molar refractivity (Wildman–Crippen MR) is 86.1 cm³/mol. The van der Waals surface area contributed by atoms with Crippen LogP contribution in [0.3, 0.4) is 0 Å². The highest BCUT2D eigenvalue weighted by Crippen LogP contribution is 2.26. The zero-order chi connectivity index (χ0) is 16.8. The first-order valence-electron chi connectivity index (χ1n) is 7.85. The van der Waals surface area contributed by atoms with Gasteiger partial charge in [-0.25, -0.2) is 4.72 Å². The highest BCUT2D eigenvalue weighted by molar-refractivity contribution is 7.87. The maximum absolute atomic E-state index is 11.9. The molecule has 0 aliphatic carbocycles. The number of rotatable bonds is 8. The maximum atomic E-state index is 11.9. The Balaban J connectivity index is 1.43. The second-order valence-corrected chi connectivity index (χ2v) is 7.09. The molecule has 0 spiro atoms. The van der Waals surface area contributed by atoms with Gasteiger partial charge < -0.3 is 9.26 Å². The third-order valence-corrected chi connectivity index (χ3v) is 4.75. The van der Waals surface area contributed by atoms with E-state index in [9.17, 15) is 8.42 Å². The van der Waals surface area contributed by atoms with E-state index < -0.39 is 10.2 Å². The number of nitrogens with one attached hydrogen (secondary N) is 2. The summed E-state index contributed by atoms with van der Waals surface area (Å²) >= 11 is 0. The SMILES string of the molecule is O=S(=O)(NCCc1noc(C2CCCO2)n1)NCc1ccccc1. The van der Waals surface area contributed by atoms with E-state index in [1.54, 1.807) is 0 Å². The number of benzene rings is 1. The molecule has 1 aliphatic rings. The van der Waals surface area contributed by atoms with Crippen molar-refractivity contribution >= 4 is 10.2 Å². The van der Waals surface area contributed by atoms with E-state index in [1.807, 2.05) is 30.3 Å². The van der Waals surface area contributed by atoms with Gasteiger partial charge in [-0.05, 0) is 18.4 Å². The van der Waals surface area contributed by atoms with Gasteiger partial charge in [-0.15, -0.1) is 0 Å². The minimum absolute atomic E-state index is 0.129. The first kappa shape index (κ1) is 17.0. The topological polar surface area (TPSA) is 106 Å². The second kappa shape index (κ2) is 7.84. The van der Waals surface area contributed by atoms with Crippen molar-refractivity contribution in [3.63, 3.8) is 0 Å². The third-order valence-electron chi connectivity index (χ3n) is 3.64. The third kappa shape index (κ3) is 4.84. The molecule has 1 fully saturated rings. The molecule has 3 rings (SSSR count). The minimum Gasteiger partial charge on any atom is -0.368 e. The zero-order valence-corrected chi connectivity index (χ0v) is 14.0. The second-order valence-electron chi connectivity index (χ2n) is 5.50. The first-order chi connectivity index (χ1) is 11.6. The van der Waals surface area contributed by atoms with Gasteiger partial charge >= 0.3 is 0 Å². The Morgan fingerprint density at radius 3 is 2.79 bits per heavy atom. The molecule has 1 aliphatic heterocycles. The molecule has 1 unspecified atom stereocenters. The van der Waals surface area contributed by atoms with Crippen molar-refractivity contribution in [2.45, 2.75) is 31.9 Å². The summed E-state index contributed by atoms with van der Waals surface area (Å²) < 4.78 is 39.4. The smallest absolute Gasteiger partial charge is 0.277 e. The summed E-state index contributed by atoms with van der Waals surface area (Å²) in [5.41, 5.74) is 0.891. The van der Waals surface area contributed by atoms with Crippen molar-refractivity contribution in [1.82, 2.24) is 19.6 Å². The molecule has 2 aromatic rings. The fraction of sp³-hybridized carbons (Fsp3) is 0.467. The average molecular weight is 352 g/mol. The standard InChI is InChI=1S/C15H20N4O4S/c20-24(21,17-11-12-5-2-1-3-6-12)16-9-8-14-18-15(23-19-14)13-7-4-10-22-13/h1-3,5-6,13,16-17H,4,7-11H2. The van der Waals surface area contributed by atoms with Gasteiger partial charge in [-0.2, -0.15) is 18.1 Å². The number of hydrogen-bond acceptors (Lipinski definition) is 6. The molecular weight excluding hydrogens is 332 g/mol. The van der Waals surface area contributed by atoms with Crippen LogP contribution in [0.4, 0.5) is 0 Å². The van der Waals surface area contributed by atoms with Crippen molar-refractivity contribution in [2.24, 2.45) is 0 Å². The lowest BCUT2D eigenvalue weighted by atomic mass is 10.2. The van der Waals surface area contributed by atoms with Crippen LogP contribution >= 0.6 is 0 Å². The molecule has 1 saturated heterocycles. The van der Waals surface area contributed by atoms with Gasteiger partial charge in [0.25, 0.3) is 16.1 Å². The highest BCUT2D eigenvalue weighted by atomic mass is 32.2. The van der Waals surface area contributed by atoms with E-state index in [0.29, 0.717) is 24.7 Å². The summed E-state index contributed by atoms with van der Waals surface area (Å²) in [6, 6.07) is 9.31. The Kier molecular flexibility index (Phi) is 5.56. The van der Waals surface area contributed by atoms with Crippen LogP contribution in [0.2, 0.25) is 0 Å². The minimum atomic E-state index is -3.57. The maximum Gasteiger partial charge on any atom is 0.277 e. The number of hydrogen-bond donors (Lipinski definition) is 2. The molecule has 1 aromatic heterocycles. The van der Waals surface area contributed by atoms with E-state index >= 15 is 0 Å². The van der Waals surface area contributed by atoms with Crippen LogP contribution in [0.5, 0.6) is 0 Å². The largest absolute Gasteiger partial charge is 0.368 e. The van der Waals surface area contributed by atoms with Crippen molar-refractivity contribution in [3.8, 4) is 0 Å². The molecule has 0 amide bonds. The van der Waals surface area contributed by atoms with Crippen molar-refractivity contribution < 1.29 is 17.7 Å². The summed E-state index contributed by atoms with van der Waals surface area (Å²) in [6.07, 6.45) is 2.07. The Bertz CT molecular complexity index is 742. The molecular formula is C15H20N4O4S. The molecule has 2 heterocycles. The molecule has 0 bridgehead atoms. The zero-order valence-electron chi connectivity index (χ0n) is 13.1. The average Bonchev–Trinajstić information content (AvgIpc) is 3.25. The van der Waals surface area contributed by atoms with Gasteiger partial charge in [0.15, 0.2) is 5.82 Å². The molecule has 0 saturated carbocycles. The van der Waals surface area contributed by atoms with Crippen LogP contribution in [-0.4, -0.2) is 31.7 Å². The van der Waals surface area contributed by atoms with Gasteiger partial charge in [0.1, 0.15) is 6.10 Å². The van der Waals surface area contributed by atoms with Crippen LogP contribution in [-0.2, 0) is 27.9 Å². The normalized spacial score (nSPS) is 18.1. The van der Waals surface area contributed by atoms with Crippen LogP contribution < -0.4 is 9.44 Å². The lowest BCUT2D eigenvalue weighted by Crippen LogP contribution is -2.37. The number of nitrogens with zero attached hydrogens (tertiary/aromatic N) is 2. The number of ether oxygens (including phenoxy) is 1. The molecule has 130 valence electrons. The quantitative estimate of drug-likeness (QED) is 0.736. The summed E-state index contributed by atoms with van der Waals surface area (Å²) in [4.78, 5) is 4.25. The van der Waals surface area contributed by atoms with Crippen LogP contribution in [0.15, 0.2) is 34.9 Å².